The van der Waals surface area contributed by atoms with Crippen LogP contribution in [0.5, 0.6) is 0 Å². The molecule has 0 bridgehead atoms. The van der Waals surface area contributed by atoms with Crippen LogP contribution in [0, 0.1) is 13.8 Å². The van der Waals surface area contributed by atoms with Crippen molar-refractivity contribution in [2.45, 2.75) is 51.8 Å². The summed E-state index contributed by atoms with van der Waals surface area (Å²) in [6.07, 6.45) is 2.76. The molecular formula is C19H27BN2O5. The zero-order chi connectivity index (χ0) is 20.0. The average Bonchev–Trinajstić information content (AvgIpc) is 2.62. The van der Waals surface area contributed by atoms with E-state index in [0.717, 1.165) is 29.5 Å². The molecule has 3 N–H and O–H groups in total. The summed E-state index contributed by atoms with van der Waals surface area (Å²) >= 11 is 0. The van der Waals surface area contributed by atoms with Crippen molar-refractivity contribution in [3.8, 4) is 0 Å². The summed E-state index contributed by atoms with van der Waals surface area (Å²) in [6.45, 7) is 7.91. The number of nitrogens with one attached hydrogen (secondary N) is 1. The maximum atomic E-state index is 12.8. The second kappa shape index (κ2) is 9.69. The number of hydrogen-bond donors (Lipinski definition) is 3. The smallest absolute Gasteiger partial charge is 0.402 e. The molecule has 0 radical (unpaired) electrons. The van der Waals surface area contributed by atoms with Crippen LogP contribution in [-0.2, 0) is 20.7 Å². The number of likely N-dealkylation sites (tertiary alicyclic amines) is 1. The van der Waals surface area contributed by atoms with Crippen molar-refractivity contribution in [3.63, 3.8) is 0 Å². The molecule has 1 fully saturated rings. The first kappa shape index (κ1) is 21.1. The van der Waals surface area contributed by atoms with Gasteiger partial charge in [-0.15, -0.1) is 0 Å². The van der Waals surface area contributed by atoms with Crippen LogP contribution in [0.4, 0.5) is 0 Å². The molecule has 1 aliphatic rings. The van der Waals surface area contributed by atoms with Crippen molar-refractivity contribution in [1.29, 1.82) is 0 Å². The highest BCUT2D eigenvalue weighted by Crippen LogP contribution is 2.19. The molecule has 2 rings (SSSR count). The molecule has 1 aromatic rings. The number of hydrogen-bond acceptors (Lipinski definition) is 5. The molecule has 0 saturated carbocycles. The minimum absolute atomic E-state index is 0.275. The van der Waals surface area contributed by atoms with E-state index in [2.05, 4.69) is 11.9 Å². The highest BCUT2D eigenvalue weighted by Gasteiger charge is 2.33. The monoisotopic (exact) mass is 374 g/mol. The van der Waals surface area contributed by atoms with Gasteiger partial charge in [-0.1, -0.05) is 30.3 Å². The predicted octanol–water partition coefficient (Wildman–Crippen LogP) is 0.841. The molecule has 0 aromatic heterocycles. The molecule has 8 heteroatoms. The van der Waals surface area contributed by atoms with Gasteiger partial charge in [0.15, 0.2) is 0 Å². The van der Waals surface area contributed by atoms with Crippen LogP contribution < -0.4 is 5.32 Å². The molecule has 0 aliphatic carbocycles. The van der Waals surface area contributed by atoms with Crippen molar-refractivity contribution in [2.24, 2.45) is 0 Å². The Bertz CT molecular complexity index is 695. The summed E-state index contributed by atoms with van der Waals surface area (Å²) in [5.41, 5.74) is 3.06. The molecule has 0 spiro atoms. The average molecular weight is 374 g/mol. The van der Waals surface area contributed by atoms with Gasteiger partial charge in [0.05, 0.1) is 0 Å². The molecule has 0 unspecified atom stereocenters. The lowest BCUT2D eigenvalue weighted by Crippen LogP contribution is -2.54. The zero-order valence-corrected chi connectivity index (χ0v) is 15.9. The maximum Gasteiger partial charge on any atom is 0.635 e. The largest absolute Gasteiger partial charge is 0.635 e. The number of piperidine rings is 1. The van der Waals surface area contributed by atoms with Crippen molar-refractivity contribution < 1.29 is 24.3 Å². The van der Waals surface area contributed by atoms with Crippen molar-refractivity contribution in [1.82, 2.24) is 10.2 Å². The number of nitrogens with zero attached hydrogens (tertiary/aromatic N) is 1. The third-order valence-corrected chi connectivity index (χ3v) is 4.76. The van der Waals surface area contributed by atoms with Gasteiger partial charge < -0.3 is 24.9 Å². The SMILES string of the molecule is C=CC(=O)N1CCCC[C@@H]1C(=O)N[C@@H](Cc1ccc(C)cc1C)OB(O)O. The van der Waals surface area contributed by atoms with Crippen molar-refractivity contribution >= 4 is 19.1 Å². The Morgan fingerprint density at radius 1 is 1.41 bits per heavy atom. The number of amides is 2. The highest BCUT2D eigenvalue weighted by molar-refractivity contribution is 6.32. The number of carbonyl (C=O) groups excluding carboxylic acids is 2. The van der Waals surface area contributed by atoms with Gasteiger partial charge in [0.2, 0.25) is 11.8 Å². The predicted molar refractivity (Wildman–Crippen MR) is 102 cm³/mol. The van der Waals surface area contributed by atoms with Crippen LogP contribution >= 0.6 is 0 Å². The van der Waals surface area contributed by atoms with E-state index in [9.17, 15) is 19.6 Å². The Labute approximate surface area is 160 Å². The van der Waals surface area contributed by atoms with Crippen LogP contribution in [0.3, 0.4) is 0 Å². The lowest BCUT2D eigenvalue weighted by Gasteiger charge is -2.35. The van der Waals surface area contributed by atoms with Gasteiger partial charge in [0.1, 0.15) is 12.3 Å². The molecule has 7 nitrogen and oxygen atoms in total. The van der Waals surface area contributed by atoms with E-state index < -0.39 is 19.6 Å². The highest BCUT2D eigenvalue weighted by atomic mass is 16.6. The zero-order valence-electron chi connectivity index (χ0n) is 15.9. The molecule has 146 valence electrons. The fourth-order valence-corrected chi connectivity index (χ4v) is 3.39. The van der Waals surface area contributed by atoms with E-state index in [4.69, 9.17) is 4.65 Å². The summed E-state index contributed by atoms with van der Waals surface area (Å²) in [6, 6.07) is 5.26. The lowest BCUT2D eigenvalue weighted by molar-refractivity contribution is -0.140. The summed E-state index contributed by atoms with van der Waals surface area (Å²) < 4.78 is 5.08. The van der Waals surface area contributed by atoms with Gasteiger partial charge in [-0.3, -0.25) is 9.59 Å². The molecule has 27 heavy (non-hydrogen) atoms. The Hall–Kier alpha value is -2.16. The van der Waals surface area contributed by atoms with Gasteiger partial charge in [-0.05, 0) is 50.3 Å². The molecule has 1 aliphatic heterocycles. The second-order valence-corrected chi connectivity index (χ2v) is 6.84. The Morgan fingerprint density at radius 2 is 2.15 bits per heavy atom. The van der Waals surface area contributed by atoms with Crippen molar-refractivity contribution in [3.05, 3.63) is 47.5 Å². The van der Waals surface area contributed by atoms with Crippen molar-refractivity contribution in [2.75, 3.05) is 6.54 Å². The second-order valence-electron chi connectivity index (χ2n) is 6.84. The van der Waals surface area contributed by atoms with Gasteiger partial charge >= 0.3 is 7.32 Å². The lowest BCUT2D eigenvalue weighted by atomic mass is 10.00. The summed E-state index contributed by atoms with van der Waals surface area (Å²) in [5.74, 6) is -0.663. The molecule has 1 aromatic carbocycles. The molecule has 1 saturated heterocycles. The third-order valence-electron chi connectivity index (χ3n) is 4.76. The quantitative estimate of drug-likeness (QED) is 0.373. The van der Waals surface area contributed by atoms with E-state index in [1.165, 1.54) is 11.0 Å². The first-order valence-electron chi connectivity index (χ1n) is 9.13. The molecular weight excluding hydrogens is 347 g/mol. The summed E-state index contributed by atoms with van der Waals surface area (Å²) in [5, 5.41) is 21.1. The number of rotatable bonds is 7. The molecule has 2 atom stereocenters. The minimum atomic E-state index is -2.02. The van der Waals surface area contributed by atoms with Crippen LogP contribution in [-0.4, -0.2) is 52.9 Å². The maximum absolute atomic E-state index is 12.8. The molecule has 1 heterocycles. The van der Waals surface area contributed by atoms with Crippen LogP contribution in [0.2, 0.25) is 0 Å². The minimum Gasteiger partial charge on any atom is -0.402 e. The van der Waals surface area contributed by atoms with Gasteiger partial charge in [0.25, 0.3) is 0 Å². The van der Waals surface area contributed by atoms with Gasteiger partial charge in [0, 0.05) is 13.0 Å². The van der Waals surface area contributed by atoms with E-state index in [-0.39, 0.29) is 18.2 Å². The first-order chi connectivity index (χ1) is 12.8. The number of benzene rings is 1. The van der Waals surface area contributed by atoms with E-state index in [1.54, 1.807) is 0 Å². The normalized spacial score (nSPS) is 17.9. The molecule has 2 amide bonds. The fraction of sp³-hybridized carbons (Fsp3) is 0.474. The Morgan fingerprint density at radius 3 is 2.78 bits per heavy atom. The van der Waals surface area contributed by atoms with Crippen LogP contribution in [0.15, 0.2) is 30.9 Å². The topological polar surface area (TPSA) is 99.1 Å². The summed E-state index contributed by atoms with van der Waals surface area (Å²) in [4.78, 5) is 26.3. The Kier molecular flexibility index (Phi) is 7.59. The number of aryl methyl sites for hydroxylation is 2. The van der Waals surface area contributed by atoms with Gasteiger partial charge in [-0.25, -0.2) is 0 Å². The van der Waals surface area contributed by atoms with E-state index in [1.807, 2.05) is 32.0 Å². The van der Waals surface area contributed by atoms with Crippen LogP contribution in [0.25, 0.3) is 0 Å². The standard InChI is InChI=1S/C19H27BN2O5/c1-4-18(23)22-10-6-5-7-16(22)19(24)21-17(27-20(25)26)12-15-9-8-13(2)11-14(15)3/h4,8-9,11,16-17,25-26H,1,5-7,10,12H2,2-3H3,(H,21,24)/t16-,17-/m1/s1. The summed E-state index contributed by atoms with van der Waals surface area (Å²) in [7, 11) is -2.02. The van der Waals surface area contributed by atoms with E-state index >= 15 is 0 Å². The number of carbonyl (C=O) groups is 2. The van der Waals surface area contributed by atoms with Crippen LogP contribution in [0.1, 0.15) is 36.0 Å². The first-order valence-corrected chi connectivity index (χ1v) is 9.13. The van der Waals surface area contributed by atoms with E-state index in [0.29, 0.717) is 13.0 Å². The van der Waals surface area contributed by atoms with Gasteiger partial charge in [-0.2, -0.15) is 0 Å². The third kappa shape index (κ3) is 5.92. The Balaban J connectivity index is 2.12. The fourth-order valence-electron chi connectivity index (χ4n) is 3.39.